The summed E-state index contributed by atoms with van der Waals surface area (Å²) >= 11 is 3.46. The van der Waals surface area contributed by atoms with E-state index in [4.69, 9.17) is 0 Å². The van der Waals surface area contributed by atoms with Crippen LogP contribution in [0.5, 0.6) is 0 Å². The molecule has 13 heavy (non-hydrogen) atoms. The van der Waals surface area contributed by atoms with Gasteiger partial charge in [-0.2, -0.15) is 0 Å². The van der Waals surface area contributed by atoms with Crippen molar-refractivity contribution in [1.82, 2.24) is 4.98 Å². The zero-order valence-corrected chi connectivity index (χ0v) is 8.80. The Morgan fingerprint density at radius 1 is 1.46 bits per heavy atom. The third kappa shape index (κ3) is 1.49. The molecule has 1 unspecified atom stereocenters. The fraction of sp³-hybridized carbons (Fsp3) is 0.200. The van der Waals surface area contributed by atoms with Crippen LogP contribution in [0.2, 0.25) is 0 Å². The van der Waals surface area contributed by atoms with Gasteiger partial charge < -0.3 is 10.1 Å². The summed E-state index contributed by atoms with van der Waals surface area (Å²) in [5.41, 5.74) is 1.90. The van der Waals surface area contributed by atoms with Gasteiger partial charge in [0.15, 0.2) is 0 Å². The van der Waals surface area contributed by atoms with Crippen molar-refractivity contribution >= 4 is 26.8 Å². The molecule has 0 aliphatic rings. The van der Waals surface area contributed by atoms with Crippen LogP contribution in [0.15, 0.2) is 28.7 Å². The number of aromatic amines is 1. The van der Waals surface area contributed by atoms with Crippen LogP contribution in [0.25, 0.3) is 10.9 Å². The first-order valence-electron chi connectivity index (χ1n) is 4.13. The van der Waals surface area contributed by atoms with Crippen LogP contribution in [-0.2, 0) is 0 Å². The molecule has 0 radical (unpaired) electrons. The first-order valence-corrected chi connectivity index (χ1v) is 4.93. The Labute approximate surface area is 84.7 Å². The van der Waals surface area contributed by atoms with Gasteiger partial charge in [0.2, 0.25) is 0 Å². The Hall–Kier alpha value is -0.800. The minimum absolute atomic E-state index is 0.445. The van der Waals surface area contributed by atoms with Gasteiger partial charge in [-0.1, -0.05) is 22.0 Å². The standard InChI is InChI=1S/C10H10BrNO/c1-6(13)10-5-7-8(11)3-2-4-9(7)12-10/h2-6,12-13H,1H3. The smallest absolute Gasteiger partial charge is 0.0910 e. The topological polar surface area (TPSA) is 36.0 Å². The van der Waals surface area contributed by atoms with E-state index in [1.54, 1.807) is 6.92 Å². The maximum absolute atomic E-state index is 9.37. The van der Waals surface area contributed by atoms with E-state index in [-0.39, 0.29) is 0 Å². The van der Waals surface area contributed by atoms with Crippen LogP contribution in [0, 0.1) is 0 Å². The average Bonchev–Trinajstić information content (AvgIpc) is 2.49. The quantitative estimate of drug-likeness (QED) is 0.789. The summed E-state index contributed by atoms with van der Waals surface area (Å²) in [6, 6.07) is 7.91. The number of nitrogens with one attached hydrogen (secondary N) is 1. The van der Waals surface area contributed by atoms with E-state index in [2.05, 4.69) is 20.9 Å². The summed E-state index contributed by atoms with van der Waals surface area (Å²) in [5.74, 6) is 0. The van der Waals surface area contributed by atoms with E-state index >= 15 is 0 Å². The van der Waals surface area contributed by atoms with Gasteiger partial charge in [0.25, 0.3) is 0 Å². The molecule has 2 N–H and O–H groups in total. The third-order valence-corrected chi connectivity index (χ3v) is 2.77. The Bertz CT molecular complexity index is 433. The van der Waals surface area contributed by atoms with Gasteiger partial charge in [-0.15, -0.1) is 0 Å². The van der Waals surface area contributed by atoms with Crippen molar-refractivity contribution in [2.75, 3.05) is 0 Å². The first-order chi connectivity index (χ1) is 6.18. The molecular formula is C10H10BrNO. The molecule has 2 nitrogen and oxygen atoms in total. The number of fused-ring (bicyclic) bond motifs is 1. The minimum atomic E-state index is -0.445. The number of aliphatic hydroxyl groups excluding tert-OH is 1. The van der Waals surface area contributed by atoms with E-state index in [0.29, 0.717) is 0 Å². The second-order valence-corrected chi connectivity index (χ2v) is 3.96. The van der Waals surface area contributed by atoms with Gasteiger partial charge >= 0.3 is 0 Å². The number of hydrogen-bond donors (Lipinski definition) is 2. The average molecular weight is 240 g/mol. The molecule has 0 amide bonds. The molecule has 0 spiro atoms. The highest BCUT2D eigenvalue weighted by atomic mass is 79.9. The van der Waals surface area contributed by atoms with Crippen LogP contribution in [-0.4, -0.2) is 10.1 Å². The van der Waals surface area contributed by atoms with Crippen LogP contribution >= 0.6 is 15.9 Å². The van der Waals surface area contributed by atoms with Gasteiger partial charge in [-0.05, 0) is 25.1 Å². The molecule has 3 heteroatoms. The number of hydrogen-bond acceptors (Lipinski definition) is 1. The highest BCUT2D eigenvalue weighted by Crippen LogP contribution is 2.26. The van der Waals surface area contributed by atoms with Gasteiger partial charge in [0.05, 0.1) is 6.10 Å². The lowest BCUT2D eigenvalue weighted by Crippen LogP contribution is -1.88. The van der Waals surface area contributed by atoms with E-state index in [1.165, 1.54) is 0 Å². The molecule has 1 atom stereocenters. The number of rotatable bonds is 1. The monoisotopic (exact) mass is 239 g/mol. The lowest BCUT2D eigenvalue weighted by molar-refractivity contribution is 0.195. The molecule has 0 aliphatic carbocycles. The normalized spacial score (nSPS) is 13.5. The summed E-state index contributed by atoms with van der Waals surface area (Å²) in [6.45, 7) is 1.75. The zero-order valence-electron chi connectivity index (χ0n) is 7.21. The van der Waals surface area contributed by atoms with Crippen molar-refractivity contribution < 1.29 is 5.11 Å². The first kappa shape index (κ1) is 8.78. The van der Waals surface area contributed by atoms with Gasteiger partial charge in [0, 0.05) is 21.1 Å². The SMILES string of the molecule is CC(O)c1cc2c(Br)cccc2[nH]1. The highest BCUT2D eigenvalue weighted by Gasteiger charge is 2.06. The second kappa shape index (κ2) is 3.16. The van der Waals surface area contributed by atoms with Crippen LogP contribution in [0.1, 0.15) is 18.7 Å². The molecule has 2 rings (SSSR count). The van der Waals surface area contributed by atoms with E-state index in [9.17, 15) is 5.11 Å². The minimum Gasteiger partial charge on any atom is -0.387 e. The molecule has 1 aromatic heterocycles. The van der Waals surface area contributed by atoms with Crippen LogP contribution < -0.4 is 0 Å². The summed E-state index contributed by atoms with van der Waals surface area (Å²) < 4.78 is 1.05. The largest absolute Gasteiger partial charge is 0.387 e. The van der Waals surface area contributed by atoms with E-state index in [1.807, 2.05) is 24.3 Å². The Balaban J connectivity index is 2.68. The summed E-state index contributed by atoms with van der Waals surface area (Å²) in [7, 11) is 0. The van der Waals surface area contributed by atoms with Gasteiger partial charge in [-0.3, -0.25) is 0 Å². The second-order valence-electron chi connectivity index (χ2n) is 3.10. The lowest BCUT2D eigenvalue weighted by Gasteiger charge is -1.97. The molecule has 0 bridgehead atoms. The number of halogens is 1. The fourth-order valence-corrected chi connectivity index (χ4v) is 1.85. The maximum atomic E-state index is 9.37. The van der Waals surface area contributed by atoms with Crippen molar-refractivity contribution in [3.05, 3.63) is 34.4 Å². The Kier molecular flexibility index (Phi) is 2.14. The molecule has 0 saturated carbocycles. The van der Waals surface area contributed by atoms with Crippen molar-refractivity contribution in [3.8, 4) is 0 Å². The van der Waals surface area contributed by atoms with Crippen molar-refractivity contribution in [2.45, 2.75) is 13.0 Å². The number of aliphatic hydroxyl groups is 1. The predicted octanol–water partition coefficient (Wildman–Crippen LogP) is 2.98. The Morgan fingerprint density at radius 3 is 2.85 bits per heavy atom. The molecule has 1 aromatic carbocycles. The highest BCUT2D eigenvalue weighted by molar-refractivity contribution is 9.10. The third-order valence-electron chi connectivity index (χ3n) is 2.08. The van der Waals surface area contributed by atoms with E-state index < -0.39 is 6.10 Å². The molecule has 2 aromatic rings. The fourth-order valence-electron chi connectivity index (χ4n) is 1.36. The molecule has 0 saturated heterocycles. The zero-order chi connectivity index (χ0) is 9.42. The maximum Gasteiger partial charge on any atom is 0.0910 e. The summed E-state index contributed by atoms with van der Waals surface area (Å²) in [4.78, 5) is 3.16. The van der Waals surface area contributed by atoms with Crippen molar-refractivity contribution in [2.24, 2.45) is 0 Å². The molecule has 0 fully saturated rings. The number of benzene rings is 1. The van der Waals surface area contributed by atoms with Crippen LogP contribution in [0.3, 0.4) is 0 Å². The van der Waals surface area contributed by atoms with Crippen molar-refractivity contribution in [1.29, 1.82) is 0 Å². The Morgan fingerprint density at radius 2 is 2.23 bits per heavy atom. The van der Waals surface area contributed by atoms with Gasteiger partial charge in [-0.25, -0.2) is 0 Å². The predicted molar refractivity (Wildman–Crippen MR) is 56.6 cm³/mol. The van der Waals surface area contributed by atoms with Crippen LogP contribution in [0.4, 0.5) is 0 Å². The van der Waals surface area contributed by atoms with E-state index in [0.717, 1.165) is 21.1 Å². The lowest BCUT2D eigenvalue weighted by atomic mass is 10.2. The summed E-state index contributed by atoms with van der Waals surface area (Å²) in [5, 5.41) is 10.5. The molecule has 68 valence electrons. The molecular weight excluding hydrogens is 230 g/mol. The summed E-state index contributed by atoms with van der Waals surface area (Å²) in [6.07, 6.45) is -0.445. The molecule has 1 heterocycles. The number of H-pyrrole nitrogens is 1. The van der Waals surface area contributed by atoms with Gasteiger partial charge in [0.1, 0.15) is 0 Å². The number of aromatic nitrogens is 1. The van der Waals surface area contributed by atoms with Crippen molar-refractivity contribution in [3.63, 3.8) is 0 Å². The molecule has 0 aliphatic heterocycles.